The van der Waals surface area contributed by atoms with Gasteiger partial charge < -0.3 is 18.5 Å². The Morgan fingerprint density at radius 2 is 2.17 bits per heavy atom. The van der Waals surface area contributed by atoms with Crippen molar-refractivity contribution in [1.29, 1.82) is 0 Å². The van der Waals surface area contributed by atoms with Crippen LogP contribution in [0.1, 0.15) is 17.6 Å². The average molecular weight is 324 g/mol. The normalized spacial score (nSPS) is 18.1. The maximum absolute atomic E-state index is 5.94. The second-order valence-electron chi connectivity index (χ2n) is 5.83. The maximum Gasteiger partial charge on any atom is 0.138 e. The van der Waals surface area contributed by atoms with Gasteiger partial charge in [0.1, 0.15) is 17.7 Å². The molecule has 1 unspecified atom stereocenters. The van der Waals surface area contributed by atoms with Crippen LogP contribution in [-0.2, 0) is 11.3 Å². The van der Waals surface area contributed by atoms with E-state index in [0.717, 1.165) is 42.5 Å². The first kappa shape index (κ1) is 15.1. The lowest BCUT2D eigenvalue weighted by atomic mass is 10.2. The minimum absolute atomic E-state index is 0.0399. The van der Waals surface area contributed by atoms with E-state index >= 15 is 0 Å². The van der Waals surface area contributed by atoms with Gasteiger partial charge in [-0.1, -0.05) is 6.07 Å². The Balaban J connectivity index is 1.55. The van der Waals surface area contributed by atoms with Gasteiger partial charge in [-0.25, -0.2) is 0 Å². The SMILES string of the molecule is COc1cccc(-n2ccc(C3OCCN3Cc3ccco3)c2)c1. The molecule has 0 aliphatic carbocycles. The highest BCUT2D eigenvalue weighted by molar-refractivity contribution is 5.40. The third-order valence-electron chi connectivity index (χ3n) is 4.28. The Morgan fingerprint density at radius 1 is 1.21 bits per heavy atom. The van der Waals surface area contributed by atoms with E-state index in [4.69, 9.17) is 13.9 Å². The molecular weight excluding hydrogens is 304 g/mol. The summed E-state index contributed by atoms with van der Waals surface area (Å²) in [6.45, 7) is 2.38. The molecular formula is C19H20N2O3. The summed E-state index contributed by atoms with van der Waals surface area (Å²) in [7, 11) is 1.68. The number of rotatable bonds is 5. The molecule has 1 fully saturated rings. The summed E-state index contributed by atoms with van der Waals surface area (Å²) in [5, 5.41) is 0. The summed E-state index contributed by atoms with van der Waals surface area (Å²) >= 11 is 0. The lowest BCUT2D eigenvalue weighted by Crippen LogP contribution is -2.22. The van der Waals surface area contributed by atoms with Gasteiger partial charge in [0.15, 0.2) is 0 Å². The molecule has 124 valence electrons. The van der Waals surface area contributed by atoms with Gasteiger partial charge in [0, 0.05) is 36.3 Å². The number of benzene rings is 1. The largest absolute Gasteiger partial charge is 0.497 e. The smallest absolute Gasteiger partial charge is 0.138 e. The van der Waals surface area contributed by atoms with E-state index in [1.165, 1.54) is 0 Å². The Morgan fingerprint density at radius 3 is 3.00 bits per heavy atom. The Hall–Kier alpha value is -2.50. The van der Waals surface area contributed by atoms with E-state index in [-0.39, 0.29) is 6.23 Å². The number of hydrogen-bond donors (Lipinski definition) is 0. The zero-order valence-corrected chi connectivity index (χ0v) is 13.6. The molecule has 1 aliphatic heterocycles. The lowest BCUT2D eigenvalue weighted by molar-refractivity contribution is 0.0258. The number of aromatic nitrogens is 1. The van der Waals surface area contributed by atoms with Crippen molar-refractivity contribution in [3.05, 3.63) is 72.4 Å². The minimum atomic E-state index is -0.0399. The van der Waals surface area contributed by atoms with Crippen LogP contribution in [0.5, 0.6) is 5.75 Å². The van der Waals surface area contributed by atoms with Crippen molar-refractivity contribution >= 4 is 0 Å². The lowest BCUT2D eigenvalue weighted by Gasteiger charge is -2.21. The molecule has 24 heavy (non-hydrogen) atoms. The van der Waals surface area contributed by atoms with E-state index in [9.17, 15) is 0 Å². The Bertz CT molecular complexity index is 795. The molecule has 3 heterocycles. The summed E-state index contributed by atoms with van der Waals surface area (Å²) in [6.07, 6.45) is 5.83. The van der Waals surface area contributed by atoms with Crippen molar-refractivity contribution in [3.63, 3.8) is 0 Å². The molecule has 0 spiro atoms. The van der Waals surface area contributed by atoms with Crippen LogP contribution >= 0.6 is 0 Å². The first-order chi connectivity index (χ1) is 11.8. The van der Waals surface area contributed by atoms with Gasteiger partial charge in [-0.05, 0) is 30.3 Å². The van der Waals surface area contributed by atoms with Crippen LogP contribution in [0.3, 0.4) is 0 Å². The van der Waals surface area contributed by atoms with Crippen molar-refractivity contribution in [1.82, 2.24) is 9.47 Å². The van der Waals surface area contributed by atoms with Crippen LogP contribution in [-0.4, -0.2) is 29.7 Å². The number of nitrogens with zero attached hydrogens (tertiary/aromatic N) is 2. The van der Waals surface area contributed by atoms with E-state index < -0.39 is 0 Å². The molecule has 5 nitrogen and oxygen atoms in total. The highest BCUT2D eigenvalue weighted by Gasteiger charge is 2.28. The van der Waals surface area contributed by atoms with Gasteiger partial charge in [-0.3, -0.25) is 4.90 Å². The Kier molecular flexibility index (Phi) is 4.11. The molecule has 1 atom stereocenters. The molecule has 1 aliphatic rings. The first-order valence-corrected chi connectivity index (χ1v) is 8.04. The fourth-order valence-electron chi connectivity index (χ4n) is 3.07. The van der Waals surface area contributed by atoms with Crippen LogP contribution in [0.25, 0.3) is 5.69 Å². The quantitative estimate of drug-likeness (QED) is 0.719. The Labute approximate surface area is 141 Å². The topological polar surface area (TPSA) is 39.8 Å². The minimum Gasteiger partial charge on any atom is -0.497 e. The van der Waals surface area contributed by atoms with Crippen molar-refractivity contribution in [2.75, 3.05) is 20.3 Å². The molecule has 1 aromatic carbocycles. The van der Waals surface area contributed by atoms with E-state index in [0.29, 0.717) is 0 Å². The number of hydrogen-bond acceptors (Lipinski definition) is 4. The van der Waals surface area contributed by atoms with Crippen molar-refractivity contribution < 1.29 is 13.9 Å². The first-order valence-electron chi connectivity index (χ1n) is 8.04. The van der Waals surface area contributed by atoms with E-state index in [1.807, 2.05) is 30.3 Å². The van der Waals surface area contributed by atoms with Crippen LogP contribution < -0.4 is 4.74 Å². The fraction of sp³-hybridized carbons (Fsp3) is 0.263. The highest BCUT2D eigenvalue weighted by atomic mass is 16.5. The van der Waals surface area contributed by atoms with Crippen LogP contribution in [0.2, 0.25) is 0 Å². The van der Waals surface area contributed by atoms with E-state index in [2.05, 4.69) is 34.0 Å². The molecule has 0 N–H and O–H groups in total. The van der Waals surface area contributed by atoms with Crippen molar-refractivity contribution in [3.8, 4) is 11.4 Å². The number of furan rings is 1. The molecule has 0 radical (unpaired) electrons. The predicted molar refractivity (Wildman–Crippen MR) is 90.1 cm³/mol. The monoisotopic (exact) mass is 324 g/mol. The number of ether oxygens (including phenoxy) is 2. The van der Waals surface area contributed by atoms with Gasteiger partial charge >= 0.3 is 0 Å². The standard InChI is InChI=1S/C19H20N2O3/c1-22-17-5-2-4-16(12-17)20-8-7-15(13-20)19-21(9-11-24-19)14-18-6-3-10-23-18/h2-8,10,12-13,19H,9,11,14H2,1H3. The third kappa shape index (κ3) is 2.96. The summed E-state index contributed by atoms with van der Waals surface area (Å²) in [6, 6.07) is 14.0. The zero-order valence-electron chi connectivity index (χ0n) is 13.6. The summed E-state index contributed by atoms with van der Waals surface area (Å²) in [4.78, 5) is 2.28. The fourth-order valence-corrected chi connectivity index (χ4v) is 3.07. The molecule has 1 saturated heterocycles. The number of methoxy groups -OCH3 is 1. The van der Waals surface area contributed by atoms with Gasteiger partial charge in [-0.2, -0.15) is 0 Å². The highest BCUT2D eigenvalue weighted by Crippen LogP contribution is 2.29. The van der Waals surface area contributed by atoms with Crippen LogP contribution in [0.15, 0.2) is 65.5 Å². The van der Waals surface area contributed by atoms with Crippen LogP contribution in [0.4, 0.5) is 0 Å². The predicted octanol–water partition coefficient (Wildman–Crippen LogP) is 3.61. The van der Waals surface area contributed by atoms with E-state index in [1.54, 1.807) is 13.4 Å². The van der Waals surface area contributed by atoms with Crippen molar-refractivity contribution in [2.45, 2.75) is 12.8 Å². The molecule has 2 aromatic heterocycles. The average Bonchev–Trinajstić information content (AvgIpc) is 3.36. The van der Waals surface area contributed by atoms with Crippen LogP contribution in [0, 0.1) is 0 Å². The molecule has 0 bridgehead atoms. The van der Waals surface area contributed by atoms with Gasteiger partial charge in [0.05, 0.1) is 26.5 Å². The molecule has 5 heteroatoms. The van der Waals surface area contributed by atoms with Crippen molar-refractivity contribution in [2.24, 2.45) is 0 Å². The molecule has 0 amide bonds. The molecule has 3 aromatic rings. The second kappa shape index (κ2) is 6.55. The van der Waals surface area contributed by atoms with Gasteiger partial charge in [0.2, 0.25) is 0 Å². The third-order valence-corrected chi connectivity index (χ3v) is 4.28. The van der Waals surface area contributed by atoms with Gasteiger partial charge in [0.25, 0.3) is 0 Å². The zero-order chi connectivity index (χ0) is 16.4. The molecule has 4 rings (SSSR count). The summed E-state index contributed by atoms with van der Waals surface area (Å²) in [5.74, 6) is 1.80. The van der Waals surface area contributed by atoms with Gasteiger partial charge in [-0.15, -0.1) is 0 Å². The summed E-state index contributed by atoms with van der Waals surface area (Å²) in [5.41, 5.74) is 2.21. The summed E-state index contributed by atoms with van der Waals surface area (Å²) < 4.78 is 18.8. The molecule has 0 saturated carbocycles. The second-order valence-corrected chi connectivity index (χ2v) is 5.83. The maximum atomic E-state index is 5.94.